The molecule has 128 valence electrons. The van der Waals surface area contributed by atoms with Gasteiger partial charge in [0.25, 0.3) is 0 Å². The number of halogens is 7. The Morgan fingerprint density at radius 1 is 0.952 bits per heavy atom. The molecule has 0 radical (unpaired) electrons. The average molecular weight is 350 g/mol. The summed E-state index contributed by atoms with van der Waals surface area (Å²) in [5.74, 6) is -6.55. The molecule has 0 saturated heterocycles. The van der Waals surface area contributed by atoms with Crippen LogP contribution in [-0.4, -0.2) is 31.4 Å². The zero-order valence-electron chi connectivity index (χ0n) is 11.1. The third-order valence-corrected chi connectivity index (χ3v) is 3.51. The largest absolute Gasteiger partial charge is 0.479 e. The van der Waals surface area contributed by atoms with Crippen LogP contribution in [0.5, 0.6) is 0 Å². The second-order valence-electron chi connectivity index (χ2n) is 3.73. The van der Waals surface area contributed by atoms with Gasteiger partial charge in [0.15, 0.2) is 0 Å². The Hall–Kier alpha value is -0.380. The van der Waals surface area contributed by atoms with Crippen LogP contribution in [0.25, 0.3) is 0 Å². The van der Waals surface area contributed by atoms with Gasteiger partial charge < -0.3 is 0 Å². The smallest absolute Gasteiger partial charge is 0.287 e. The number of rotatable bonds is 9. The molecule has 0 N–H and O–H groups in total. The van der Waals surface area contributed by atoms with Crippen LogP contribution < -0.4 is 0 Å². The van der Waals surface area contributed by atoms with Gasteiger partial charge in [-0.25, -0.2) is 9.09 Å². The van der Waals surface area contributed by atoms with Crippen molar-refractivity contribution in [3.8, 4) is 0 Å². The summed E-state index contributed by atoms with van der Waals surface area (Å²) in [4.78, 5) is 0. The molecule has 12 heteroatoms. The fourth-order valence-electron chi connectivity index (χ4n) is 0.932. The Labute approximate surface area is 116 Å². The van der Waals surface area contributed by atoms with E-state index in [1.54, 1.807) is 6.92 Å². The lowest BCUT2D eigenvalue weighted by atomic mass is 10.3. The summed E-state index contributed by atoms with van der Waals surface area (Å²) in [5, 5.41) is 0. The highest BCUT2D eigenvalue weighted by Crippen LogP contribution is 2.58. The molecule has 0 amide bonds. The van der Waals surface area contributed by atoms with E-state index in [9.17, 15) is 35.3 Å². The van der Waals surface area contributed by atoms with Crippen molar-refractivity contribution in [1.29, 1.82) is 0 Å². The number of phosphoric ester groups is 1. The molecule has 0 spiro atoms. The quantitative estimate of drug-likeness (QED) is 0.342. The van der Waals surface area contributed by atoms with Gasteiger partial charge in [-0.3, -0.25) is 9.05 Å². The Balaban J connectivity index is 5.19. The number of alkyl halides is 7. The summed E-state index contributed by atoms with van der Waals surface area (Å²) in [5.41, 5.74) is 0. The molecule has 1 unspecified atom stereocenters. The van der Waals surface area contributed by atoms with Gasteiger partial charge in [-0.2, -0.15) is 30.7 Å². The Kier molecular flexibility index (Phi) is 7.12. The van der Waals surface area contributed by atoms with Gasteiger partial charge in [0.05, 0.1) is 13.2 Å². The topological polar surface area (TPSA) is 44.8 Å². The Morgan fingerprint density at radius 3 is 1.86 bits per heavy atom. The number of phosphoric acid groups is 1. The van der Waals surface area contributed by atoms with Gasteiger partial charge in [-0.15, -0.1) is 0 Å². The van der Waals surface area contributed by atoms with Crippen molar-refractivity contribution >= 4 is 7.82 Å². The van der Waals surface area contributed by atoms with Crippen molar-refractivity contribution in [2.75, 3.05) is 13.2 Å². The lowest BCUT2D eigenvalue weighted by Crippen LogP contribution is -2.53. The molecule has 0 aromatic carbocycles. The van der Waals surface area contributed by atoms with Crippen molar-refractivity contribution in [1.82, 2.24) is 0 Å². The molecule has 4 nitrogen and oxygen atoms in total. The molecular weight excluding hydrogens is 336 g/mol. The number of unbranched alkanes of at least 4 members (excludes halogenated alkanes) is 1. The summed E-state index contributed by atoms with van der Waals surface area (Å²) in [6, 6.07) is 0. The maximum atomic E-state index is 13.0. The summed E-state index contributed by atoms with van der Waals surface area (Å²) in [6.07, 6.45) is -12.1. The van der Waals surface area contributed by atoms with Gasteiger partial charge in [0.1, 0.15) is 0 Å². The van der Waals surface area contributed by atoms with E-state index in [0.29, 0.717) is 6.42 Å². The zero-order valence-corrected chi connectivity index (χ0v) is 11.9. The van der Waals surface area contributed by atoms with Crippen molar-refractivity contribution in [3.63, 3.8) is 0 Å². The van der Waals surface area contributed by atoms with E-state index in [0.717, 1.165) is 6.92 Å². The molecule has 0 aromatic rings. The standard InChI is InChI=1S/C9H14F7O4P/c1-3-5-6-19-21(17,18-4-2)20-9(15,16)7(10,11)8(12,13)14/h3-6H2,1-2H3. The van der Waals surface area contributed by atoms with E-state index in [-0.39, 0.29) is 6.42 Å². The minimum absolute atomic E-state index is 0.182. The van der Waals surface area contributed by atoms with E-state index < -0.39 is 39.2 Å². The zero-order chi connectivity index (χ0) is 16.9. The molecule has 0 aliphatic rings. The van der Waals surface area contributed by atoms with E-state index in [1.807, 2.05) is 0 Å². The first-order valence-corrected chi connectivity index (χ1v) is 7.21. The monoisotopic (exact) mass is 350 g/mol. The van der Waals surface area contributed by atoms with Crippen LogP contribution in [0.4, 0.5) is 30.7 Å². The molecule has 0 heterocycles. The van der Waals surface area contributed by atoms with Crippen LogP contribution in [0.1, 0.15) is 26.7 Å². The predicted octanol–water partition coefficient (Wildman–Crippen LogP) is 4.75. The van der Waals surface area contributed by atoms with Crippen LogP contribution in [-0.2, 0) is 18.1 Å². The van der Waals surface area contributed by atoms with Gasteiger partial charge >= 0.3 is 26.0 Å². The van der Waals surface area contributed by atoms with Crippen LogP contribution in [0.2, 0.25) is 0 Å². The second kappa shape index (κ2) is 7.26. The predicted molar refractivity (Wildman–Crippen MR) is 57.1 cm³/mol. The van der Waals surface area contributed by atoms with Crippen LogP contribution in [0.3, 0.4) is 0 Å². The second-order valence-corrected chi connectivity index (χ2v) is 5.33. The van der Waals surface area contributed by atoms with E-state index in [4.69, 9.17) is 0 Å². The molecule has 0 rings (SSSR count). The Bertz CT molecular complexity index is 372. The molecular formula is C9H14F7O4P. The van der Waals surface area contributed by atoms with Gasteiger partial charge in [-0.05, 0) is 13.3 Å². The van der Waals surface area contributed by atoms with Crippen molar-refractivity contribution in [2.45, 2.75) is 44.9 Å². The fraction of sp³-hybridized carbons (Fsp3) is 1.00. The van der Waals surface area contributed by atoms with Crippen molar-refractivity contribution < 1.29 is 48.9 Å². The van der Waals surface area contributed by atoms with Crippen molar-refractivity contribution in [3.05, 3.63) is 0 Å². The SMILES string of the molecule is CCCCOP(=O)(OCC)OC(F)(F)C(F)(F)C(F)(F)F. The normalized spacial score (nSPS) is 16.8. The first kappa shape index (κ1) is 20.6. The first-order valence-electron chi connectivity index (χ1n) is 5.75. The lowest BCUT2D eigenvalue weighted by Gasteiger charge is -2.29. The van der Waals surface area contributed by atoms with Gasteiger partial charge in [0, 0.05) is 0 Å². The fourth-order valence-corrected chi connectivity index (χ4v) is 2.18. The third kappa shape index (κ3) is 5.39. The molecule has 0 saturated carbocycles. The summed E-state index contributed by atoms with van der Waals surface area (Å²) >= 11 is 0. The third-order valence-electron chi connectivity index (χ3n) is 1.98. The summed E-state index contributed by atoms with van der Waals surface area (Å²) in [7, 11) is -5.27. The van der Waals surface area contributed by atoms with E-state index in [1.165, 1.54) is 0 Å². The maximum Gasteiger partial charge on any atom is 0.479 e. The highest BCUT2D eigenvalue weighted by Gasteiger charge is 2.76. The van der Waals surface area contributed by atoms with E-state index in [2.05, 4.69) is 13.6 Å². The molecule has 0 bridgehead atoms. The first-order chi connectivity index (χ1) is 9.33. The van der Waals surface area contributed by atoms with E-state index >= 15 is 0 Å². The molecule has 0 aliphatic carbocycles. The highest BCUT2D eigenvalue weighted by atomic mass is 31.2. The van der Waals surface area contributed by atoms with Crippen molar-refractivity contribution in [2.24, 2.45) is 0 Å². The minimum atomic E-state index is -6.60. The van der Waals surface area contributed by atoms with Crippen LogP contribution in [0, 0.1) is 0 Å². The molecule has 21 heavy (non-hydrogen) atoms. The summed E-state index contributed by atoms with van der Waals surface area (Å²) in [6.45, 7) is 1.75. The Morgan fingerprint density at radius 2 is 1.48 bits per heavy atom. The van der Waals surface area contributed by atoms with Gasteiger partial charge in [-0.1, -0.05) is 13.3 Å². The van der Waals surface area contributed by atoms with Gasteiger partial charge in [0.2, 0.25) is 0 Å². The highest BCUT2D eigenvalue weighted by molar-refractivity contribution is 7.48. The number of hydrogen-bond acceptors (Lipinski definition) is 4. The van der Waals surface area contributed by atoms with Crippen LogP contribution in [0.15, 0.2) is 0 Å². The average Bonchev–Trinajstić information content (AvgIpc) is 2.26. The molecule has 0 aromatic heterocycles. The minimum Gasteiger partial charge on any atom is -0.287 e. The lowest BCUT2D eigenvalue weighted by molar-refractivity contribution is -0.406. The molecule has 1 atom stereocenters. The summed E-state index contributed by atoms with van der Waals surface area (Å²) < 4.78 is 110. The maximum absolute atomic E-state index is 13.0. The number of hydrogen-bond donors (Lipinski definition) is 0. The molecule has 0 aliphatic heterocycles. The molecule has 0 fully saturated rings. The van der Waals surface area contributed by atoms with Crippen LogP contribution >= 0.6 is 7.82 Å².